The van der Waals surface area contributed by atoms with Gasteiger partial charge in [0.05, 0.1) is 5.52 Å². The summed E-state index contributed by atoms with van der Waals surface area (Å²) >= 11 is 5.93. The predicted molar refractivity (Wildman–Crippen MR) is 79.0 cm³/mol. The van der Waals surface area contributed by atoms with Gasteiger partial charge in [0.1, 0.15) is 0 Å². The Morgan fingerprint density at radius 3 is 2.63 bits per heavy atom. The highest BCUT2D eigenvalue weighted by Crippen LogP contribution is 2.19. The third-order valence-corrected chi connectivity index (χ3v) is 3.08. The number of aryl methyl sites for hydroxylation is 1. The fourth-order valence-electron chi connectivity index (χ4n) is 1.83. The van der Waals surface area contributed by atoms with Crippen molar-refractivity contribution in [3.8, 4) is 0 Å². The maximum absolute atomic E-state index is 5.93. The second-order valence-corrected chi connectivity index (χ2v) is 4.82. The smallest absolute Gasteiger partial charge is 0.227 e. The van der Waals surface area contributed by atoms with Crippen molar-refractivity contribution in [2.75, 3.05) is 5.32 Å². The molecule has 0 atom stereocenters. The fourth-order valence-corrected chi connectivity index (χ4v) is 2.01. The summed E-state index contributed by atoms with van der Waals surface area (Å²) in [6.07, 6.45) is 1.77. The Morgan fingerprint density at radius 1 is 1.05 bits per heavy atom. The van der Waals surface area contributed by atoms with Crippen LogP contribution in [0.5, 0.6) is 0 Å². The van der Waals surface area contributed by atoms with Gasteiger partial charge in [-0.25, -0.2) is 9.97 Å². The second-order valence-electron chi connectivity index (χ2n) is 4.39. The maximum Gasteiger partial charge on any atom is 0.227 e. The highest BCUT2D eigenvalue weighted by Gasteiger charge is 2.01. The normalized spacial score (nSPS) is 10.6. The van der Waals surface area contributed by atoms with Gasteiger partial charge in [0.15, 0.2) is 0 Å². The third-order valence-electron chi connectivity index (χ3n) is 2.85. The largest absolute Gasteiger partial charge is 0.324 e. The lowest BCUT2D eigenvalue weighted by Gasteiger charge is -2.06. The summed E-state index contributed by atoms with van der Waals surface area (Å²) in [6, 6.07) is 13.7. The van der Waals surface area contributed by atoms with Crippen molar-refractivity contribution in [1.82, 2.24) is 9.97 Å². The summed E-state index contributed by atoms with van der Waals surface area (Å²) in [5.41, 5.74) is 3.06. The van der Waals surface area contributed by atoms with Crippen LogP contribution in [0.25, 0.3) is 10.9 Å². The van der Waals surface area contributed by atoms with Crippen LogP contribution < -0.4 is 5.32 Å². The molecule has 0 aliphatic carbocycles. The van der Waals surface area contributed by atoms with Gasteiger partial charge in [0, 0.05) is 22.3 Å². The number of halogens is 1. The molecule has 0 aliphatic rings. The lowest BCUT2D eigenvalue weighted by molar-refractivity contribution is 1.21. The van der Waals surface area contributed by atoms with E-state index in [9.17, 15) is 0 Å². The molecule has 0 bridgehead atoms. The monoisotopic (exact) mass is 269 g/mol. The second kappa shape index (κ2) is 4.86. The molecule has 1 aromatic heterocycles. The van der Waals surface area contributed by atoms with Crippen molar-refractivity contribution in [3.63, 3.8) is 0 Å². The van der Waals surface area contributed by atoms with Gasteiger partial charge in [0.2, 0.25) is 5.95 Å². The molecule has 0 spiro atoms. The van der Waals surface area contributed by atoms with E-state index in [1.54, 1.807) is 6.20 Å². The van der Waals surface area contributed by atoms with E-state index in [0.717, 1.165) is 16.6 Å². The van der Waals surface area contributed by atoms with Gasteiger partial charge in [-0.2, -0.15) is 0 Å². The molecule has 1 N–H and O–H groups in total. The van der Waals surface area contributed by atoms with Crippen LogP contribution in [-0.2, 0) is 0 Å². The van der Waals surface area contributed by atoms with E-state index in [-0.39, 0.29) is 0 Å². The van der Waals surface area contributed by atoms with Gasteiger partial charge in [-0.15, -0.1) is 0 Å². The van der Waals surface area contributed by atoms with Crippen LogP contribution in [0.15, 0.2) is 48.7 Å². The van der Waals surface area contributed by atoms with Crippen molar-refractivity contribution in [2.24, 2.45) is 0 Å². The van der Waals surface area contributed by atoms with Gasteiger partial charge in [-0.05, 0) is 37.3 Å². The number of aromatic nitrogens is 2. The summed E-state index contributed by atoms with van der Waals surface area (Å²) in [5.74, 6) is 0.582. The molecular weight excluding hydrogens is 258 g/mol. The average molecular weight is 270 g/mol. The average Bonchev–Trinajstić information content (AvgIpc) is 2.42. The molecule has 0 unspecified atom stereocenters. The molecular formula is C15H12ClN3. The summed E-state index contributed by atoms with van der Waals surface area (Å²) in [7, 11) is 0. The highest BCUT2D eigenvalue weighted by atomic mass is 35.5. The van der Waals surface area contributed by atoms with E-state index in [4.69, 9.17) is 11.6 Å². The molecule has 4 heteroatoms. The number of nitrogens with zero attached hydrogens (tertiary/aromatic N) is 2. The van der Waals surface area contributed by atoms with E-state index >= 15 is 0 Å². The summed E-state index contributed by atoms with van der Waals surface area (Å²) in [4.78, 5) is 8.74. The SMILES string of the molecule is Cc1ccc(Nc2ncc3cc(Cl)ccc3n2)cc1. The summed E-state index contributed by atoms with van der Waals surface area (Å²) in [5, 5.41) is 4.81. The van der Waals surface area contributed by atoms with Gasteiger partial charge in [-0.1, -0.05) is 29.3 Å². The van der Waals surface area contributed by atoms with Crippen LogP contribution in [-0.4, -0.2) is 9.97 Å². The minimum atomic E-state index is 0.582. The number of fused-ring (bicyclic) bond motifs is 1. The summed E-state index contributed by atoms with van der Waals surface area (Å²) in [6.45, 7) is 2.06. The molecule has 0 saturated carbocycles. The van der Waals surface area contributed by atoms with Crippen LogP contribution in [0.1, 0.15) is 5.56 Å². The zero-order valence-electron chi connectivity index (χ0n) is 10.4. The molecule has 2 aromatic carbocycles. The van der Waals surface area contributed by atoms with E-state index in [1.165, 1.54) is 5.56 Å². The standard InChI is InChI=1S/C15H12ClN3/c1-10-2-5-13(6-3-10)18-15-17-9-11-8-12(16)4-7-14(11)19-15/h2-9H,1H3,(H,17,18,19). The highest BCUT2D eigenvalue weighted by molar-refractivity contribution is 6.31. The molecule has 0 fully saturated rings. The number of hydrogen-bond acceptors (Lipinski definition) is 3. The van der Waals surface area contributed by atoms with E-state index in [0.29, 0.717) is 11.0 Å². The van der Waals surface area contributed by atoms with Gasteiger partial charge in [0.25, 0.3) is 0 Å². The number of anilines is 2. The Hall–Kier alpha value is -2.13. The van der Waals surface area contributed by atoms with Crippen molar-refractivity contribution < 1.29 is 0 Å². The first-order valence-corrected chi connectivity index (χ1v) is 6.34. The topological polar surface area (TPSA) is 37.8 Å². The quantitative estimate of drug-likeness (QED) is 0.752. The van der Waals surface area contributed by atoms with E-state index < -0.39 is 0 Å². The molecule has 0 saturated heterocycles. The third kappa shape index (κ3) is 2.66. The van der Waals surface area contributed by atoms with Crippen LogP contribution in [0.3, 0.4) is 0 Å². The van der Waals surface area contributed by atoms with Crippen LogP contribution in [0, 0.1) is 6.92 Å². The lowest BCUT2D eigenvalue weighted by atomic mass is 10.2. The molecule has 3 aromatic rings. The zero-order chi connectivity index (χ0) is 13.2. The maximum atomic E-state index is 5.93. The first-order chi connectivity index (χ1) is 9.20. The first-order valence-electron chi connectivity index (χ1n) is 5.97. The molecule has 3 nitrogen and oxygen atoms in total. The Kier molecular flexibility index (Phi) is 3.05. The molecule has 3 rings (SSSR count). The molecule has 0 amide bonds. The Morgan fingerprint density at radius 2 is 1.84 bits per heavy atom. The number of hydrogen-bond donors (Lipinski definition) is 1. The lowest BCUT2D eigenvalue weighted by Crippen LogP contribution is -1.96. The Balaban J connectivity index is 1.93. The summed E-state index contributed by atoms with van der Waals surface area (Å²) < 4.78 is 0. The van der Waals surface area contributed by atoms with Crippen LogP contribution in [0.2, 0.25) is 5.02 Å². The van der Waals surface area contributed by atoms with Crippen molar-refractivity contribution in [2.45, 2.75) is 6.92 Å². The van der Waals surface area contributed by atoms with Gasteiger partial charge < -0.3 is 5.32 Å². The van der Waals surface area contributed by atoms with Crippen molar-refractivity contribution in [3.05, 3.63) is 59.2 Å². The predicted octanol–water partition coefficient (Wildman–Crippen LogP) is 4.34. The molecule has 0 aliphatic heterocycles. The van der Waals surface area contributed by atoms with E-state index in [1.807, 2.05) is 42.5 Å². The molecule has 0 radical (unpaired) electrons. The number of benzene rings is 2. The molecule has 1 heterocycles. The minimum absolute atomic E-state index is 0.582. The zero-order valence-corrected chi connectivity index (χ0v) is 11.1. The Labute approximate surface area is 116 Å². The minimum Gasteiger partial charge on any atom is -0.324 e. The number of nitrogens with one attached hydrogen (secondary N) is 1. The van der Waals surface area contributed by atoms with Crippen molar-refractivity contribution in [1.29, 1.82) is 0 Å². The molecule has 19 heavy (non-hydrogen) atoms. The van der Waals surface area contributed by atoms with E-state index in [2.05, 4.69) is 22.2 Å². The van der Waals surface area contributed by atoms with Crippen LogP contribution in [0.4, 0.5) is 11.6 Å². The fraction of sp³-hybridized carbons (Fsp3) is 0.0667. The van der Waals surface area contributed by atoms with Gasteiger partial charge >= 0.3 is 0 Å². The van der Waals surface area contributed by atoms with Crippen molar-refractivity contribution >= 4 is 34.1 Å². The van der Waals surface area contributed by atoms with Crippen LogP contribution >= 0.6 is 11.6 Å². The Bertz CT molecular complexity index is 723. The molecule has 94 valence electrons. The number of rotatable bonds is 2. The first kappa shape index (κ1) is 11.9. The van der Waals surface area contributed by atoms with Gasteiger partial charge in [-0.3, -0.25) is 0 Å².